The zero-order chi connectivity index (χ0) is 21.4. The third-order valence-electron chi connectivity index (χ3n) is 4.42. The van der Waals surface area contributed by atoms with Gasteiger partial charge in [0.05, 0.1) is 13.0 Å². The molecule has 0 spiro atoms. The summed E-state index contributed by atoms with van der Waals surface area (Å²) in [5.41, 5.74) is 7.91. The third kappa shape index (κ3) is 7.14. The Balaban J connectivity index is 1.67. The van der Waals surface area contributed by atoms with Crippen LogP contribution < -0.4 is 20.3 Å². The molecule has 0 bridgehead atoms. The Kier molecular flexibility index (Phi) is 7.65. The normalized spacial score (nSPS) is 10.9. The monoisotopic (exact) mass is 398 g/mol. The van der Waals surface area contributed by atoms with Crippen LogP contribution in [0.1, 0.15) is 43.9 Å². The summed E-state index contributed by atoms with van der Waals surface area (Å²) < 4.78 is 11.1. The molecule has 0 saturated carbocycles. The van der Waals surface area contributed by atoms with E-state index >= 15 is 0 Å². The van der Waals surface area contributed by atoms with Crippen LogP contribution in [-0.4, -0.2) is 25.0 Å². The Morgan fingerprint density at radius 1 is 0.862 bits per heavy atom. The average molecular weight is 399 g/mol. The van der Waals surface area contributed by atoms with E-state index in [1.54, 1.807) is 0 Å². The number of aryl methyl sites for hydroxylation is 2. The lowest BCUT2D eigenvalue weighted by Gasteiger charge is -2.19. The lowest BCUT2D eigenvalue weighted by atomic mass is 9.87. The van der Waals surface area contributed by atoms with Crippen molar-refractivity contribution in [3.05, 3.63) is 59.2 Å². The molecule has 2 N–H and O–H groups in total. The largest absolute Gasteiger partial charge is 0.493 e. The standard InChI is InChI=1S/C23H30N2O4/c1-16-7-6-8-17(2)22(16)29-15-21(27)25-24-20(26)13-14-28-19-11-9-18(10-12-19)23(3,4)5/h6-12H,13-15H2,1-5H3,(H,24,26)(H,25,27). The molecule has 0 aromatic heterocycles. The smallest absolute Gasteiger partial charge is 0.276 e. The Morgan fingerprint density at radius 3 is 2.03 bits per heavy atom. The van der Waals surface area contributed by atoms with Gasteiger partial charge in [-0.15, -0.1) is 0 Å². The highest BCUT2D eigenvalue weighted by Gasteiger charge is 2.13. The molecule has 0 aliphatic rings. The van der Waals surface area contributed by atoms with E-state index in [-0.39, 0.29) is 31.0 Å². The number of rotatable bonds is 7. The molecule has 0 aliphatic heterocycles. The molecule has 0 saturated heterocycles. The van der Waals surface area contributed by atoms with E-state index in [0.29, 0.717) is 11.5 Å². The summed E-state index contributed by atoms with van der Waals surface area (Å²) in [4.78, 5) is 23.7. The van der Waals surface area contributed by atoms with E-state index in [0.717, 1.165) is 11.1 Å². The Labute approximate surface area is 172 Å². The molecule has 156 valence electrons. The van der Waals surface area contributed by atoms with Gasteiger partial charge in [-0.1, -0.05) is 51.1 Å². The lowest BCUT2D eigenvalue weighted by molar-refractivity contribution is -0.130. The van der Waals surface area contributed by atoms with Gasteiger partial charge in [-0.05, 0) is 48.1 Å². The Bertz CT molecular complexity index is 819. The Hall–Kier alpha value is -3.02. The molecule has 0 aliphatic carbocycles. The van der Waals surface area contributed by atoms with Crippen LogP contribution >= 0.6 is 0 Å². The highest BCUT2D eigenvalue weighted by atomic mass is 16.5. The van der Waals surface area contributed by atoms with E-state index in [1.807, 2.05) is 56.3 Å². The minimum atomic E-state index is -0.431. The maximum atomic E-state index is 11.9. The summed E-state index contributed by atoms with van der Waals surface area (Å²) >= 11 is 0. The van der Waals surface area contributed by atoms with Crippen LogP contribution in [0.5, 0.6) is 11.5 Å². The van der Waals surface area contributed by atoms with Gasteiger partial charge in [0, 0.05) is 0 Å². The highest BCUT2D eigenvalue weighted by molar-refractivity contribution is 5.82. The number of carbonyl (C=O) groups excluding carboxylic acids is 2. The number of para-hydroxylation sites is 1. The molecule has 0 fully saturated rings. The number of amides is 2. The van der Waals surface area contributed by atoms with Crippen molar-refractivity contribution in [1.29, 1.82) is 0 Å². The van der Waals surface area contributed by atoms with Crippen LogP contribution in [0.25, 0.3) is 0 Å². The molecular formula is C23H30N2O4. The molecule has 0 radical (unpaired) electrons. The first-order chi connectivity index (χ1) is 13.7. The van der Waals surface area contributed by atoms with Crippen molar-refractivity contribution in [3.63, 3.8) is 0 Å². The highest BCUT2D eigenvalue weighted by Crippen LogP contribution is 2.24. The summed E-state index contributed by atoms with van der Waals surface area (Å²) in [6, 6.07) is 13.6. The number of benzene rings is 2. The summed E-state index contributed by atoms with van der Waals surface area (Å²) in [6.07, 6.45) is 0.124. The molecular weight excluding hydrogens is 368 g/mol. The van der Waals surface area contributed by atoms with E-state index < -0.39 is 5.91 Å². The molecule has 0 atom stereocenters. The lowest BCUT2D eigenvalue weighted by Crippen LogP contribution is -2.44. The van der Waals surface area contributed by atoms with E-state index in [2.05, 4.69) is 31.6 Å². The minimum absolute atomic E-state index is 0.0816. The zero-order valence-corrected chi connectivity index (χ0v) is 17.8. The number of hydrogen-bond acceptors (Lipinski definition) is 4. The fourth-order valence-corrected chi connectivity index (χ4v) is 2.72. The SMILES string of the molecule is Cc1cccc(C)c1OCC(=O)NNC(=O)CCOc1ccc(C(C)(C)C)cc1. The number of nitrogens with one attached hydrogen (secondary N) is 2. The van der Waals surface area contributed by atoms with Gasteiger partial charge in [0.25, 0.3) is 5.91 Å². The molecule has 2 aromatic carbocycles. The third-order valence-corrected chi connectivity index (χ3v) is 4.42. The van der Waals surface area contributed by atoms with Crippen molar-refractivity contribution >= 4 is 11.8 Å². The van der Waals surface area contributed by atoms with Crippen molar-refractivity contribution < 1.29 is 19.1 Å². The minimum Gasteiger partial charge on any atom is -0.493 e. The van der Waals surface area contributed by atoms with Gasteiger partial charge in [0.15, 0.2) is 6.61 Å². The van der Waals surface area contributed by atoms with Gasteiger partial charge >= 0.3 is 0 Å². The van der Waals surface area contributed by atoms with E-state index in [9.17, 15) is 9.59 Å². The van der Waals surface area contributed by atoms with Crippen molar-refractivity contribution in [2.24, 2.45) is 0 Å². The van der Waals surface area contributed by atoms with E-state index in [4.69, 9.17) is 9.47 Å². The van der Waals surface area contributed by atoms with Gasteiger partial charge in [0.2, 0.25) is 5.91 Å². The summed E-state index contributed by atoms with van der Waals surface area (Å²) in [5.74, 6) is 0.619. The second kappa shape index (κ2) is 9.96. The molecule has 6 heteroatoms. The first-order valence-electron chi connectivity index (χ1n) is 9.67. The molecule has 0 heterocycles. The van der Waals surface area contributed by atoms with Gasteiger partial charge in [-0.2, -0.15) is 0 Å². The van der Waals surface area contributed by atoms with Crippen molar-refractivity contribution in [2.45, 2.75) is 46.5 Å². The van der Waals surface area contributed by atoms with Crippen LogP contribution in [0.15, 0.2) is 42.5 Å². The van der Waals surface area contributed by atoms with Gasteiger partial charge in [0.1, 0.15) is 11.5 Å². The molecule has 2 aromatic rings. The van der Waals surface area contributed by atoms with Crippen LogP contribution in [0.2, 0.25) is 0 Å². The zero-order valence-electron chi connectivity index (χ0n) is 17.8. The Morgan fingerprint density at radius 2 is 1.45 bits per heavy atom. The molecule has 2 amide bonds. The maximum absolute atomic E-state index is 11.9. The van der Waals surface area contributed by atoms with Crippen LogP contribution in [0.4, 0.5) is 0 Å². The predicted molar refractivity (Wildman–Crippen MR) is 113 cm³/mol. The van der Waals surface area contributed by atoms with E-state index in [1.165, 1.54) is 5.56 Å². The quantitative estimate of drug-likeness (QED) is 0.699. The topological polar surface area (TPSA) is 76.7 Å². The average Bonchev–Trinajstić information content (AvgIpc) is 2.65. The number of carbonyl (C=O) groups is 2. The molecule has 0 unspecified atom stereocenters. The van der Waals surface area contributed by atoms with Gasteiger partial charge < -0.3 is 9.47 Å². The number of ether oxygens (including phenoxy) is 2. The fraction of sp³-hybridized carbons (Fsp3) is 0.391. The number of hydrazine groups is 1. The fourth-order valence-electron chi connectivity index (χ4n) is 2.72. The summed E-state index contributed by atoms with van der Waals surface area (Å²) in [6.45, 7) is 10.3. The van der Waals surface area contributed by atoms with Crippen molar-refractivity contribution in [1.82, 2.24) is 10.9 Å². The second-order valence-electron chi connectivity index (χ2n) is 7.98. The van der Waals surface area contributed by atoms with Crippen LogP contribution in [0, 0.1) is 13.8 Å². The van der Waals surface area contributed by atoms with Gasteiger partial charge in [-0.3, -0.25) is 20.4 Å². The maximum Gasteiger partial charge on any atom is 0.276 e. The molecule has 2 rings (SSSR count). The predicted octanol–water partition coefficient (Wildman–Crippen LogP) is 3.60. The second-order valence-corrected chi connectivity index (χ2v) is 7.98. The number of hydrogen-bond donors (Lipinski definition) is 2. The van der Waals surface area contributed by atoms with Crippen LogP contribution in [-0.2, 0) is 15.0 Å². The summed E-state index contributed by atoms with van der Waals surface area (Å²) in [7, 11) is 0. The molecule has 29 heavy (non-hydrogen) atoms. The van der Waals surface area contributed by atoms with Crippen LogP contribution in [0.3, 0.4) is 0 Å². The van der Waals surface area contributed by atoms with Crippen molar-refractivity contribution in [2.75, 3.05) is 13.2 Å². The van der Waals surface area contributed by atoms with Gasteiger partial charge in [-0.25, -0.2) is 0 Å². The molecule has 6 nitrogen and oxygen atoms in total. The summed E-state index contributed by atoms with van der Waals surface area (Å²) in [5, 5.41) is 0. The van der Waals surface area contributed by atoms with Crippen molar-refractivity contribution in [3.8, 4) is 11.5 Å². The first kappa shape index (κ1) is 22.3. The first-order valence-corrected chi connectivity index (χ1v) is 9.67.